The molecule has 1 aromatic carbocycles. The lowest BCUT2D eigenvalue weighted by molar-refractivity contribution is 1.32. The Balaban J connectivity index is 2.56. The summed E-state index contributed by atoms with van der Waals surface area (Å²) in [5, 5.41) is 5.19. The Morgan fingerprint density at radius 1 is 1.15 bits per heavy atom. The molecule has 3 rings (SSSR count). The van der Waals surface area contributed by atoms with Gasteiger partial charge in [-0.2, -0.15) is 5.10 Å². The van der Waals surface area contributed by atoms with Crippen molar-refractivity contribution in [1.29, 1.82) is 0 Å². The van der Waals surface area contributed by atoms with Crippen molar-refractivity contribution in [2.24, 2.45) is 5.10 Å². The molecule has 0 bridgehead atoms. The zero-order chi connectivity index (χ0) is 8.67. The van der Waals surface area contributed by atoms with E-state index < -0.39 is 0 Å². The first kappa shape index (κ1) is 6.60. The molecule has 2 aromatic rings. The molecule has 62 valence electrons. The predicted octanol–water partition coefficient (Wildman–Crippen LogP) is 1.99. The maximum absolute atomic E-state index is 4.28. The Bertz CT molecular complexity index is 497. The van der Waals surface area contributed by atoms with Crippen LogP contribution in [0.5, 0.6) is 0 Å². The summed E-state index contributed by atoms with van der Waals surface area (Å²) in [7, 11) is 0. The summed E-state index contributed by atoms with van der Waals surface area (Å²) in [6, 6.07) is 7.95. The van der Waals surface area contributed by atoms with Crippen LogP contribution >= 0.6 is 0 Å². The van der Waals surface area contributed by atoms with E-state index in [1.165, 1.54) is 0 Å². The van der Waals surface area contributed by atoms with E-state index in [0.29, 0.717) is 0 Å². The van der Waals surface area contributed by atoms with E-state index >= 15 is 0 Å². The second-order valence-electron chi connectivity index (χ2n) is 2.97. The van der Waals surface area contributed by atoms with E-state index in [9.17, 15) is 0 Å². The molecule has 0 amide bonds. The van der Waals surface area contributed by atoms with Gasteiger partial charge in [0, 0.05) is 17.1 Å². The molecule has 0 saturated heterocycles. The molecule has 1 aliphatic rings. The third-order valence-electron chi connectivity index (χ3n) is 2.19. The summed E-state index contributed by atoms with van der Waals surface area (Å²) < 4.78 is 0. The Hall–Kier alpha value is -1.90. The van der Waals surface area contributed by atoms with Crippen molar-refractivity contribution in [3.63, 3.8) is 0 Å². The molecule has 0 spiro atoms. The average molecular weight is 169 g/mol. The van der Waals surface area contributed by atoms with Crippen molar-refractivity contribution in [3.05, 3.63) is 36.0 Å². The lowest BCUT2D eigenvalue weighted by Crippen LogP contribution is -2.00. The number of rotatable bonds is 0. The van der Waals surface area contributed by atoms with E-state index in [1.807, 2.05) is 30.5 Å². The van der Waals surface area contributed by atoms with Crippen LogP contribution in [0.3, 0.4) is 0 Å². The van der Waals surface area contributed by atoms with Gasteiger partial charge in [-0.1, -0.05) is 6.07 Å². The highest BCUT2D eigenvalue weighted by Gasteiger charge is 2.07. The summed E-state index contributed by atoms with van der Waals surface area (Å²) in [6.45, 7) is 0. The Morgan fingerprint density at radius 3 is 3.15 bits per heavy atom. The van der Waals surface area contributed by atoms with E-state index in [-0.39, 0.29) is 0 Å². The molecule has 0 unspecified atom stereocenters. The first-order valence-electron chi connectivity index (χ1n) is 4.12. The zero-order valence-electron chi connectivity index (χ0n) is 6.86. The van der Waals surface area contributed by atoms with Crippen LogP contribution in [-0.2, 0) is 0 Å². The Kier molecular flexibility index (Phi) is 1.16. The molecule has 0 saturated carbocycles. The molecule has 1 aliphatic heterocycles. The molecule has 1 aromatic heterocycles. The quantitative estimate of drug-likeness (QED) is 0.654. The molecule has 2 heterocycles. The van der Waals surface area contributed by atoms with E-state index in [4.69, 9.17) is 0 Å². The van der Waals surface area contributed by atoms with Gasteiger partial charge >= 0.3 is 0 Å². The van der Waals surface area contributed by atoms with Crippen LogP contribution < -0.4 is 5.43 Å². The van der Waals surface area contributed by atoms with Crippen molar-refractivity contribution >= 4 is 22.8 Å². The summed E-state index contributed by atoms with van der Waals surface area (Å²) in [6.07, 6.45) is 3.62. The molecular weight excluding hydrogens is 162 g/mol. The Morgan fingerprint density at radius 2 is 2.15 bits per heavy atom. The maximum atomic E-state index is 4.28. The normalized spacial score (nSPS) is 12.9. The number of benzene rings is 1. The summed E-state index contributed by atoms with van der Waals surface area (Å²) in [4.78, 5) is 4.28. The molecule has 3 nitrogen and oxygen atoms in total. The summed E-state index contributed by atoms with van der Waals surface area (Å²) in [5.41, 5.74) is 6.12. The molecule has 0 fully saturated rings. The van der Waals surface area contributed by atoms with Gasteiger partial charge in [-0.05, 0) is 18.2 Å². The standard InChI is InChI=1S/C10H7N3/c1-2-8-10-7(4-5-11-8)6-12-13-9(10)3-1/h1-6,13H. The fourth-order valence-corrected chi connectivity index (χ4v) is 1.60. The SMILES string of the molecule is C1=NNc2cccc3nccc1c23. The minimum Gasteiger partial charge on any atom is -0.278 e. The zero-order valence-corrected chi connectivity index (χ0v) is 6.86. The maximum Gasteiger partial charge on any atom is 0.0730 e. The molecule has 1 N–H and O–H groups in total. The van der Waals surface area contributed by atoms with Crippen LogP contribution in [0.2, 0.25) is 0 Å². The lowest BCUT2D eigenvalue weighted by atomic mass is 10.1. The van der Waals surface area contributed by atoms with Gasteiger partial charge in [0.2, 0.25) is 0 Å². The first-order valence-corrected chi connectivity index (χ1v) is 4.12. The van der Waals surface area contributed by atoms with Crippen LogP contribution in [0.15, 0.2) is 35.6 Å². The molecule has 0 atom stereocenters. The summed E-state index contributed by atoms with van der Waals surface area (Å²) >= 11 is 0. The highest BCUT2D eigenvalue weighted by Crippen LogP contribution is 2.26. The van der Waals surface area contributed by atoms with E-state index in [1.54, 1.807) is 6.20 Å². The van der Waals surface area contributed by atoms with Gasteiger partial charge in [-0.25, -0.2) is 0 Å². The van der Waals surface area contributed by atoms with Gasteiger partial charge in [-0.15, -0.1) is 0 Å². The largest absolute Gasteiger partial charge is 0.278 e. The van der Waals surface area contributed by atoms with Crippen molar-refractivity contribution in [2.45, 2.75) is 0 Å². The second kappa shape index (κ2) is 2.29. The van der Waals surface area contributed by atoms with Gasteiger partial charge in [-0.3, -0.25) is 10.4 Å². The number of hydrogen-bond donors (Lipinski definition) is 1. The number of anilines is 1. The number of aromatic nitrogens is 1. The lowest BCUT2D eigenvalue weighted by Gasteiger charge is -2.11. The number of nitrogens with zero attached hydrogens (tertiary/aromatic N) is 2. The van der Waals surface area contributed by atoms with Gasteiger partial charge in [0.1, 0.15) is 0 Å². The van der Waals surface area contributed by atoms with Gasteiger partial charge in [0.05, 0.1) is 17.4 Å². The Labute approximate surface area is 75.1 Å². The van der Waals surface area contributed by atoms with Gasteiger partial charge < -0.3 is 0 Å². The van der Waals surface area contributed by atoms with Crippen molar-refractivity contribution in [1.82, 2.24) is 4.98 Å². The molecule has 3 heteroatoms. The van der Waals surface area contributed by atoms with Crippen LogP contribution in [0.1, 0.15) is 5.56 Å². The minimum absolute atomic E-state index is 1.01. The number of nitrogens with one attached hydrogen (secondary N) is 1. The molecule has 0 aliphatic carbocycles. The number of hydrazone groups is 1. The molecular formula is C10H7N3. The van der Waals surface area contributed by atoms with Crippen LogP contribution in [-0.4, -0.2) is 11.2 Å². The van der Waals surface area contributed by atoms with E-state index in [0.717, 1.165) is 22.2 Å². The third-order valence-corrected chi connectivity index (χ3v) is 2.19. The first-order chi connectivity index (χ1) is 6.45. The minimum atomic E-state index is 1.01. The highest BCUT2D eigenvalue weighted by molar-refractivity contribution is 6.06. The van der Waals surface area contributed by atoms with Crippen LogP contribution in [0.25, 0.3) is 10.9 Å². The average Bonchev–Trinajstić information content (AvgIpc) is 2.19. The third kappa shape index (κ3) is 0.839. The number of hydrogen-bond acceptors (Lipinski definition) is 3. The predicted molar refractivity (Wildman–Crippen MR) is 53.0 cm³/mol. The fourth-order valence-electron chi connectivity index (χ4n) is 1.60. The monoisotopic (exact) mass is 169 g/mol. The second-order valence-corrected chi connectivity index (χ2v) is 2.97. The van der Waals surface area contributed by atoms with Crippen LogP contribution in [0, 0.1) is 0 Å². The molecule has 0 radical (unpaired) electrons. The topological polar surface area (TPSA) is 37.3 Å². The molecule has 13 heavy (non-hydrogen) atoms. The van der Waals surface area contributed by atoms with Gasteiger partial charge in [0.15, 0.2) is 0 Å². The van der Waals surface area contributed by atoms with Crippen LogP contribution in [0.4, 0.5) is 5.69 Å². The van der Waals surface area contributed by atoms with E-state index in [2.05, 4.69) is 15.5 Å². The highest BCUT2D eigenvalue weighted by atomic mass is 15.3. The summed E-state index contributed by atoms with van der Waals surface area (Å²) in [5.74, 6) is 0. The number of pyridine rings is 1. The fraction of sp³-hybridized carbons (Fsp3) is 0. The van der Waals surface area contributed by atoms with Crippen molar-refractivity contribution < 1.29 is 0 Å². The van der Waals surface area contributed by atoms with Crippen molar-refractivity contribution in [3.8, 4) is 0 Å². The van der Waals surface area contributed by atoms with Crippen molar-refractivity contribution in [2.75, 3.05) is 5.43 Å². The van der Waals surface area contributed by atoms with Gasteiger partial charge in [0.25, 0.3) is 0 Å². The smallest absolute Gasteiger partial charge is 0.0730 e.